The lowest BCUT2D eigenvalue weighted by molar-refractivity contribution is -0.120. The van der Waals surface area contributed by atoms with E-state index in [9.17, 15) is 4.79 Å². The predicted octanol–water partition coefficient (Wildman–Crippen LogP) is 3.92. The summed E-state index contributed by atoms with van der Waals surface area (Å²) in [5.74, 6) is 0.0777. The van der Waals surface area contributed by atoms with E-state index in [1.807, 2.05) is 0 Å². The minimum atomic E-state index is 0.0777. The lowest BCUT2D eigenvalue weighted by atomic mass is 10.0. The number of likely N-dealkylation sites (tertiary alicyclic amines) is 1. The fourth-order valence-electron chi connectivity index (χ4n) is 3.72. The highest BCUT2D eigenvalue weighted by atomic mass is 16.3. The molecule has 25 heavy (non-hydrogen) atoms. The van der Waals surface area contributed by atoms with Gasteiger partial charge in [0, 0.05) is 30.1 Å². The van der Waals surface area contributed by atoms with Crippen molar-refractivity contribution in [1.29, 1.82) is 0 Å². The van der Waals surface area contributed by atoms with Crippen LogP contribution in [0.1, 0.15) is 50.7 Å². The Morgan fingerprint density at radius 3 is 3.04 bits per heavy atom. The van der Waals surface area contributed by atoms with Gasteiger partial charge in [-0.15, -0.1) is 0 Å². The Labute approximate surface area is 150 Å². The van der Waals surface area contributed by atoms with Crippen molar-refractivity contribution in [2.75, 3.05) is 19.6 Å². The van der Waals surface area contributed by atoms with Gasteiger partial charge < -0.3 is 14.6 Å². The quantitative estimate of drug-likeness (QED) is 0.776. The van der Waals surface area contributed by atoms with Crippen LogP contribution in [-0.4, -0.2) is 36.5 Å². The highest BCUT2D eigenvalue weighted by Gasteiger charge is 2.17. The number of hydrogen-bond acceptors (Lipinski definition) is 3. The summed E-state index contributed by atoms with van der Waals surface area (Å²) in [7, 11) is 0. The van der Waals surface area contributed by atoms with Gasteiger partial charge in [-0.3, -0.25) is 4.79 Å². The third-order valence-corrected chi connectivity index (χ3v) is 5.36. The molecule has 0 radical (unpaired) electrons. The average Bonchev–Trinajstić information content (AvgIpc) is 3.02. The van der Waals surface area contributed by atoms with Gasteiger partial charge in [0.05, 0.1) is 12.7 Å². The van der Waals surface area contributed by atoms with Crippen molar-refractivity contribution in [1.82, 2.24) is 10.2 Å². The molecule has 1 N–H and O–H groups in total. The van der Waals surface area contributed by atoms with Crippen LogP contribution < -0.4 is 5.32 Å². The zero-order chi connectivity index (χ0) is 17.6. The van der Waals surface area contributed by atoms with E-state index >= 15 is 0 Å². The van der Waals surface area contributed by atoms with Gasteiger partial charge in [-0.05, 0) is 50.8 Å². The number of carbonyl (C=O) groups excluding carboxylic acids is 1. The molecule has 0 bridgehead atoms. The lowest BCUT2D eigenvalue weighted by Gasteiger charge is -2.33. The molecule has 1 aromatic carbocycles. The molecule has 1 atom stereocenters. The Balaban J connectivity index is 1.45. The van der Waals surface area contributed by atoms with Crippen LogP contribution >= 0.6 is 0 Å². The first-order valence-electron chi connectivity index (χ1n) is 9.67. The molecule has 1 aromatic heterocycles. The van der Waals surface area contributed by atoms with E-state index in [-0.39, 0.29) is 5.91 Å². The SMILES string of the molecule is CCc1ccc2c(CC(=O)NCCCN3CCCC[C@@H]3C)coc2c1. The monoisotopic (exact) mass is 342 g/mol. The number of nitrogens with zero attached hydrogens (tertiary/aromatic N) is 1. The van der Waals surface area contributed by atoms with Crippen LogP contribution in [-0.2, 0) is 17.6 Å². The second-order valence-corrected chi connectivity index (χ2v) is 7.21. The van der Waals surface area contributed by atoms with E-state index in [0.29, 0.717) is 12.5 Å². The van der Waals surface area contributed by atoms with Crippen LogP contribution in [0.15, 0.2) is 28.9 Å². The maximum Gasteiger partial charge on any atom is 0.224 e. The number of furan rings is 1. The number of piperidine rings is 1. The number of fused-ring (bicyclic) bond motifs is 1. The van der Waals surface area contributed by atoms with Gasteiger partial charge in [0.1, 0.15) is 5.58 Å². The standard InChI is InChI=1S/C21H30N2O2/c1-3-17-8-9-19-18(15-25-20(19)13-17)14-21(24)22-10-6-12-23-11-5-4-7-16(23)2/h8-9,13,15-16H,3-7,10-12,14H2,1-2H3,(H,22,24)/t16-/m0/s1. The van der Waals surface area contributed by atoms with E-state index in [0.717, 1.165) is 42.5 Å². The molecule has 1 amide bonds. The molecule has 0 aliphatic carbocycles. The van der Waals surface area contributed by atoms with Gasteiger partial charge in [0.25, 0.3) is 0 Å². The Morgan fingerprint density at radius 1 is 1.36 bits per heavy atom. The number of carbonyl (C=O) groups is 1. The summed E-state index contributed by atoms with van der Waals surface area (Å²) >= 11 is 0. The molecule has 4 heteroatoms. The topological polar surface area (TPSA) is 45.5 Å². The molecular weight excluding hydrogens is 312 g/mol. The van der Waals surface area contributed by atoms with Crippen molar-refractivity contribution in [3.63, 3.8) is 0 Å². The van der Waals surface area contributed by atoms with Crippen LogP contribution in [0.2, 0.25) is 0 Å². The number of benzene rings is 1. The Hall–Kier alpha value is -1.81. The molecule has 0 saturated carbocycles. The van der Waals surface area contributed by atoms with Crippen LogP contribution in [0, 0.1) is 0 Å². The van der Waals surface area contributed by atoms with Gasteiger partial charge >= 0.3 is 0 Å². The van der Waals surface area contributed by atoms with E-state index in [1.54, 1.807) is 6.26 Å². The lowest BCUT2D eigenvalue weighted by Crippen LogP contribution is -2.39. The molecule has 1 fully saturated rings. The van der Waals surface area contributed by atoms with Gasteiger partial charge in [-0.25, -0.2) is 0 Å². The minimum absolute atomic E-state index is 0.0777. The van der Waals surface area contributed by atoms with Gasteiger partial charge in [0.2, 0.25) is 5.91 Å². The zero-order valence-corrected chi connectivity index (χ0v) is 15.5. The second-order valence-electron chi connectivity index (χ2n) is 7.21. The summed E-state index contributed by atoms with van der Waals surface area (Å²) in [5, 5.41) is 4.11. The van der Waals surface area contributed by atoms with E-state index in [1.165, 1.54) is 31.4 Å². The highest BCUT2D eigenvalue weighted by Crippen LogP contribution is 2.23. The number of amides is 1. The molecule has 4 nitrogen and oxygen atoms in total. The van der Waals surface area contributed by atoms with Gasteiger partial charge in [-0.2, -0.15) is 0 Å². The molecule has 3 rings (SSSR count). The number of hydrogen-bond donors (Lipinski definition) is 1. The Bertz CT molecular complexity index is 707. The third kappa shape index (κ3) is 4.63. The summed E-state index contributed by atoms with van der Waals surface area (Å²) < 4.78 is 5.62. The summed E-state index contributed by atoms with van der Waals surface area (Å²) in [6.45, 7) is 7.47. The van der Waals surface area contributed by atoms with E-state index in [4.69, 9.17) is 4.42 Å². The van der Waals surface area contributed by atoms with Crippen molar-refractivity contribution >= 4 is 16.9 Å². The maximum absolute atomic E-state index is 12.2. The van der Waals surface area contributed by atoms with E-state index in [2.05, 4.69) is 42.3 Å². The van der Waals surface area contributed by atoms with Crippen LogP contribution in [0.25, 0.3) is 11.0 Å². The fraction of sp³-hybridized carbons (Fsp3) is 0.571. The molecule has 0 spiro atoms. The van der Waals surface area contributed by atoms with Gasteiger partial charge in [-0.1, -0.05) is 25.5 Å². The summed E-state index contributed by atoms with van der Waals surface area (Å²) in [6.07, 6.45) is 8.08. The molecule has 2 heterocycles. The Morgan fingerprint density at radius 2 is 2.24 bits per heavy atom. The third-order valence-electron chi connectivity index (χ3n) is 5.36. The fourth-order valence-corrected chi connectivity index (χ4v) is 3.72. The van der Waals surface area contributed by atoms with Crippen LogP contribution in [0.3, 0.4) is 0 Å². The van der Waals surface area contributed by atoms with Crippen LogP contribution in [0.4, 0.5) is 0 Å². The minimum Gasteiger partial charge on any atom is -0.464 e. The van der Waals surface area contributed by atoms with Crippen molar-refractivity contribution in [2.45, 2.75) is 58.4 Å². The molecule has 136 valence electrons. The summed E-state index contributed by atoms with van der Waals surface area (Å²) in [4.78, 5) is 14.8. The molecule has 2 aromatic rings. The summed E-state index contributed by atoms with van der Waals surface area (Å²) in [6, 6.07) is 6.93. The predicted molar refractivity (Wildman–Crippen MR) is 102 cm³/mol. The molecule has 1 aliphatic rings. The number of nitrogens with one attached hydrogen (secondary N) is 1. The van der Waals surface area contributed by atoms with Crippen molar-refractivity contribution in [2.24, 2.45) is 0 Å². The van der Waals surface area contributed by atoms with E-state index < -0.39 is 0 Å². The molecule has 1 saturated heterocycles. The zero-order valence-electron chi connectivity index (χ0n) is 15.5. The first-order chi connectivity index (χ1) is 12.2. The normalized spacial score (nSPS) is 18.6. The van der Waals surface area contributed by atoms with Crippen molar-refractivity contribution < 1.29 is 9.21 Å². The smallest absolute Gasteiger partial charge is 0.224 e. The summed E-state index contributed by atoms with van der Waals surface area (Å²) in [5.41, 5.74) is 3.10. The largest absolute Gasteiger partial charge is 0.464 e. The first-order valence-corrected chi connectivity index (χ1v) is 9.67. The van der Waals surface area contributed by atoms with Crippen LogP contribution in [0.5, 0.6) is 0 Å². The van der Waals surface area contributed by atoms with Crippen molar-refractivity contribution in [3.05, 3.63) is 35.6 Å². The Kier molecular flexibility index (Phi) is 6.14. The van der Waals surface area contributed by atoms with Crippen molar-refractivity contribution in [3.8, 4) is 0 Å². The number of aryl methyl sites for hydroxylation is 1. The highest BCUT2D eigenvalue weighted by molar-refractivity contribution is 5.87. The number of rotatable bonds is 7. The average molecular weight is 342 g/mol. The molecular formula is C21H30N2O2. The second kappa shape index (κ2) is 8.52. The first kappa shape index (κ1) is 18.0. The maximum atomic E-state index is 12.2. The molecule has 0 unspecified atom stereocenters. The van der Waals surface area contributed by atoms with Gasteiger partial charge in [0.15, 0.2) is 0 Å². The molecule has 1 aliphatic heterocycles.